The molecular weight excluding hydrogens is 271 g/mol. The average molecular weight is 298 g/mol. The molecule has 0 fully saturated rings. The SMILES string of the molecule is CCP(c1c(C)cc(C)cc1C)c1c(C)cc(C)cc1C. The van der Waals surface area contributed by atoms with Crippen molar-refractivity contribution in [1.29, 1.82) is 0 Å². The number of rotatable bonds is 3. The minimum absolute atomic E-state index is 0.257. The van der Waals surface area contributed by atoms with Crippen LogP contribution in [-0.2, 0) is 0 Å². The van der Waals surface area contributed by atoms with Crippen molar-refractivity contribution < 1.29 is 0 Å². The van der Waals surface area contributed by atoms with Gasteiger partial charge in [0.15, 0.2) is 0 Å². The summed E-state index contributed by atoms with van der Waals surface area (Å²) in [6.07, 6.45) is 1.21. The Morgan fingerprint density at radius 3 is 1.14 bits per heavy atom. The largest absolute Gasteiger partial charge is 0.0608 e. The molecule has 0 radical (unpaired) electrons. The van der Waals surface area contributed by atoms with Gasteiger partial charge in [0.25, 0.3) is 0 Å². The third kappa shape index (κ3) is 3.22. The summed E-state index contributed by atoms with van der Waals surface area (Å²) in [7, 11) is -0.257. The zero-order valence-corrected chi connectivity index (χ0v) is 15.4. The van der Waals surface area contributed by atoms with Gasteiger partial charge < -0.3 is 0 Å². The molecule has 2 rings (SSSR count). The Balaban J connectivity index is 2.66. The first-order chi connectivity index (χ1) is 9.85. The van der Waals surface area contributed by atoms with Crippen molar-refractivity contribution in [2.45, 2.75) is 48.5 Å². The second-order valence-electron chi connectivity index (χ2n) is 6.24. The van der Waals surface area contributed by atoms with Crippen LogP contribution in [0.1, 0.15) is 40.3 Å². The van der Waals surface area contributed by atoms with Crippen molar-refractivity contribution in [3.8, 4) is 0 Å². The van der Waals surface area contributed by atoms with Crippen LogP contribution in [0.2, 0.25) is 0 Å². The molecule has 2 aromatic carbocycles. The van der Waals surface area contributed by atoms with Gasteiger partial charge in [-0.05, 0) is 88.5 Å². The van der Waals surface area contributed by atoms with Gasteiger partial charge in [-0.3, -0.25) is 0 Å². The molecule has 0 saturated carbocycles. The number of benzene rings is 2. The summed E-state index contributed by atoms with van der Waals surface area (Å²) in [6.45, 7) is 15.8. The summed E-state index contributed by atoms with van der Waals surface area (Å²) < 4.78 is 0. The molecule has 1 heteroatoms. The summed E-state index contributed by atoms with van der Waals surface area (Å²) >= 11 is 0. The van der Waals surface area contributed by atoms with Crippen molar-refractivity contribution in [3.05, 3.63) is 57.6 Å². The quantitative estimate of drug-likeness (QED) is 0.700. The minimum Gasteiger partial charge on any atom is -0.0608 e. The van der Waals surface area contributed by atoms with E-state index >= 15 is 0 Å². The van der Waals surface area contributed by atoms with E-state index in [4.69, 9.17) is 0 Å². The van der Waals surface area contributed by atoms with Crippen molar-refractivity contribution in [3.63, 3.8) is 0 Å². The van der Waals surface area contributed by atoms with Gasteiger partial charge in [0, 0.05) is 0 Å². The minimum atomic E-state index is -0.257. The predicted molar refractivity (Wildman–Crippen MR) is 98.0 cm³/mol. The van der Waals surface area contributed by atoms with E-state index in [2.05, 4.69) is 72.7 Å². The highest BCUT2D eigenvalue weighted by Crippen LogP contribution is 2.38. The van der Waals surface area contributed by atoms with Gasteiger partial charge >= 0.3 is 0 Å². The van der Waals surface area contributed by atoms with Gasteiger partial charge in [-0.15, -0.1) is 0 Å². The van der Waals surface area contributed by atoms with Crippen molar-refractivity contribution >= 4 is 18.5 Å². The van der Waals surface area contributed by atoms with Crippen LogP contribution in [0.5, 0.6) is 0 Å². The fraction of sp³-hybridized carbons (Fsp3) is 0.400. The lowest BCUT2D eigenvalue weighted by Gasteiger charge is -2.25. The lowest BCUT2D eigenvalue weighted by atomic mass is 10.1. The molecule has 0 aliphatic heterocycles. The van der Waals surface area contributed by atoms with E-state index in [1.807, 2.05) is 0 Å². The van der Waals surface area contributed by atoms with E-state index in [9.17, 15) is 0 Å². The highest BCUT2D eigenvalue weighted by atomic mass is 31.1. The summed E-state index contributed by atoms with van der Waals surface area (Å²) in [5, 5.41) is 3.18. The smallest absolute Gasteiger partial charge is 0.0137 e. The molecule has 21 heavy (non-hydrogen) atoms. The monoisotopic (exact) mass is 298 g/mol. The third-order valence-corrected chi connectivity index (χ3v) is 7.25. The Kier molecular flexibility index (Phi) is 4.89. The molecule has 0 unspecified atom stereocenters. The molecule has 0 N–H and O–H groups in total. The topological polar surface area (TPSA) is 0 Å². The van der Waals surface area contributed by atoms with Gasteiger partial charge in [0.2, 0.25) is 0 Å². The maximum absolute atomic E-state index is 2.34. The molecule has 0 atom stereocenters. The molecule has 0 aliphatic carbocycles. The van der Waals surface area contributed by atoms with Crippen molar-refractivity contribution in [1.82, 2.24) is 0 Å². The molecule has 0 spiro atoms. The Morgan fingerprint density at radius 1 is 0.619 bits per heavy atom. The number of aryl methyl sites for hydroxylation is 6. The fourth-order valence-electron chi connectivity index (χ4n) is 3.62. The molecule has 0 amide bonds. The normalized spacial score (nSPS) is 11.2. The molecular formula is C20H27P. The van der Waals surface area contributed by atoms with Crippen molar-refractivity contribution in [2.75, 3.05) is 6.16 Å². The Hall–Kier alpha value is -1.13. The van der Waals surface area contributed by atoms with E-state index in [0.717, 1.165) is 0 Å². The van der Waals surface area contributed by atoms with E-state index in [-0.39, 0.29) is 7.92 Å². The van der Waals surface area contributed by atoms with Gasteiger partial charge in [-0.2, -0.15) is 0 Å². The Bertz CT molecular complexity index is 564. The second-order valence-corrected chi connectivity index (χ2v) is 8.62. The maximum Gasteiger partial charge on any atom is -0.0137 e. The molecule has 0 heterocycles. The molecule has 0 aromatic heterocycles. The molecule has 0 nitrogen and oxygen atoms in total. The van der Waals surface area contributed by atoms with Crippen LogP contribution in [0.25, 0.3) is 0 Å². The van der Waals surface area contributed by atoms with Crippen LogP contribution in [0.15, 0.2) is 24.3 Å². The second kappa shape index (κ2) is 6.32. The molecule has 112 valence electrons. The summed E-state index contributed by atoms with van der Waals surface area (Å²) in [5.41, 5.74) is 8.58. The Labute approximate surface area is 131 Å². The molecule has 0 saturated heterocycles. The first-order valence-corrected chi connectivity index (χ1v) is 9.31. The van der Waals surface area contributed by atoms with E-state index in [0.29, 0.717) is 0 Å². The van der Waals surface area contributed by atoms with E-state index in [1.54, 1.807) is 10.6 Å². The standard InChI is InChI=1S/C20H27P/c1-8-21(19-15(4)9-13(2)10-16(19)5)20-17(6)11-14(3)12-18(20)7/h9-12H,8H2,1-7H3. The number of hydrogen-bond donors (Lipinski definition) is 0. The first kappa shape index (κ1) is 16.2. The highest BCUT2D eigenvalue weighted by Gasteiger charge is 2.20. The molecule has 0 bridgehead atoms. The summed E-state index contributed by atoms with van der Waals surface area (Å²) in [6, 6.07) is 9.36. The van der Waals surface area contributed by atoms with Gasteiger partial charge in [-0.1, -0.05) is 42.3 Å². The van der Waals surface area contributed by atoms with Gasteiger partial charge in [-0.25, -0.2) is 0 Å². The maximum atomic E-state index is 2.34. The Morgan fingerprint density at radius 2 is 0.905 bits per heavy atom. The zero-order chi connectivity index (χ0) is 15.7. The van der Waals surface area contributed by atoms with E-state index < -0.39 is 0 Å². The van der Waals surface area contributed by atoms with Gasteiger partial charge in [0.1, 0.15) is 0 Å². The van der Waals surface area contributed by atoms with Crippen LogP contribution >= 0.6 is 7.92 Å². The predicted octanol–water partition coefficient (Wildman–Crippen LogP) is 4.99. The van der Waals surface area contributed by atoms with Crippen LogP contribution < -0.4 is 10.6 Å². The average Bonchev–Trinajstić information content (AvgIpc) is 2.34. The van der Waals surface area contributed by atoms with Crippen LogP contribution in [0.4, 0.5) is 0 Å². The summed E-state index contributed by atoms with van der Waals surface area (Å²) in [4.78, 5) is 0. The van der Waals surface area contributed by atoms with Crippen LogP contribution in [-0.4, -0.2) is 6.16 Å². The van der Waals surface area contributed by atoms with Crippen LogP contribution in [0.3, 0.4) is 0 Å². The van der Waals surface area contributed by atoms with Gasteiger partial charge in [0.05, 0.1) is 0 Å². The highest BCUT2D eigenvalue weighted by molar-refractivity contribution is 7.73. The molecule has 0 aliphatic rings. The lowest BCUT2D eigenvalue weighted by Crippen LogP contribution is -2.22. The zero-order valence-electron chi connectivity index (χ0n) is 14.5. The first-order valence-electron chi connectivity index (χ1n) is 7.78. The third-order valence-electron chi connectivity index (χ3n) is 4.13. The summed E-state index contributed by atoms with van der Waals surface area (Å²) in [5.74, 6) is 0. The van der Waals surface area contributed by atoms with Crippen LogP contribution in [0, 0.1) is 41.5 Å². The fourth-order valence-corrected chi connectivity index (χ4v) is 6.44. The van der Waals surface area contributed by atoms with Crippen molar-refractivity contribution in [2.24, 2.45) is 0 Å². The molecule has 2 aromatic rings. The number of hydrogen-bond acceptors (Lipinski definition) is 0. The van der Waals surface area contributed by atoms with E-state index in [1.165, 1.54) is 39.5 Å². The lowest BCUT2D eigenvalue weighted by molar-refractivity contribution is 1.34.